The van der Waals surface area contributed by atoms with E-state index >= 15 is 0 Å². The summed E-state index contributed by atoms with van der Waals surface area (Å²) in [5, 5.41) is 2.05. The lowest BCUT2D eigenvalue weighted by molar-refractivity contribution is 0.112. The molecule has 0 amide bonds. The highest BCUT2D eigenvalue weighted by atomic mass is 16.3. The van der Waals surface area contributed by atoms with Crippen LogP contribution in [0.5, 0.6) is 0 Å². The maximum absolute atomic E-state index is 11.6. The lowest BCUT2D eigenvalue weighted by atomic mass is 9.94. The first kappa shape index (κ1) is 12.9. The molecule has 1 atom stereocenters. The molecule has 2 heterocycles. The topological polar surface area (TPSA) is 46.0 Å². The first-order valence-corrected chi connectivity index (χ1v) is 7.31. The van der Waals surface area contributed by atoms with E-state index in [9.17, 15) is 4.79 Å². The summed E-state index contributed by atoms with van der Waals surface area (Å²) in [5.41, 5.74) is 4.61. The minimum Gasteiger partial charge on any atom is -0.464 e. The van der Waals surface area contributed by atoms with Gasteiger partial charge in [0.2, 0.25) is 0 Å². The number of aromatic nitrogens is 1. The first-order valence-electron chi connectivity index (χ1n) is 7.31. The third-order valence-corrected chi connectivity index (χ3v) is 4.31. The third-order valence-electron chi connectivity index (χ3n) is 4.31. The van der Waals surface area contributed by atoms with E-state index in [2.05, 4.69) is 11.9 Å². The van der Waals surface area contributed by atoms with Crippen LogP contribution >= 0.6 is 0 Å². The zero-order valence-corrected chi connectivity index (χ0v) is 12.2. The number of carbonyl (C=O) groups is 1. The van der Waals surface area contributed by atoms with Crippen LogP contribution in [0.1, 0.15) is 34.5 Å². The van der Waals surface area contributed by atoms with E-state index in [0.717, 1.165) is 45.0 Å². The van der Waals surface area contributed by atoms with Crippen LogP contribution in [-0.4, -0.2) is 11.3 Å². The van der Waals surface area contributed by atoms with Crippen LogP contribution in [0.4, 0.5) is 0 Å². The highest BCUT2D eigenvalue weighted by Crippen LogP contribution is 2.35. The Morgan fingerprint density at radius 1 is 1.05 bits per heavy atom. The van der Waals surface area contributed by atoms with Crippen LogP contribution in [0, 0.1) is 0 Å². The summed E-state index contributed by atoms with van der Waals surface area (Å²) >= 11 is 0. The summed E-state index contributed by atoms with van der Waals surface area (Å²) in [5.74, 6) is 0.0521. The number of hydrogen-bond donors (Lipinski definition) is 1. The van der Waals surface area contributed by atoms with Crippen LogP contribution in [0.3, 0.4) is 0 Å². The van der Waals surface area contributed by atoms with E-state index in [1.54, 1.807) is 6.26 Å². The second-order valence-electron chi connectivity index (χ2n) is 5.52. The predicted molar refractivity (Wildman–Crippen MR) is 87.4 cm³/mol. The Morgan fingerprint density at radius 2 is 1.77 bits per heavy atom. The molecule has 1 N–H and O–H groups in total. The minimum absolute atomic E-state index is 0.0521. The summed E-state index contributed by atoms with van der Waals surface area (Å²) in [7, 11) is 0. The SMILES string of the molecule is CC(c1[nH]c2ccccc2c1C=O)c1coc2ccccc12. The summed E-state index contributed by atoms with van der Waals surface area (Å²) in [6.45, 7) is 2.09. The molecule has 0 spiro atoms. The third kappa shape index (κ3) is 1.79. The number of carbonyl (C=O) groups excluding carboxylic acids is 1. The Balaban J connectivity index is 1.93. The van der Waals surface area contributed by atoms with Gasteiger partial charge in [0.15, 0.2) is 6.29 Å². The van der Waals surface area contributed by atoms with Crippen molar-refractivity contribution in [2.45, 2.75) is 12.8 Å². The number of nitrogens with one attached hydrogen (secondary N) is 1. The fourth-order valence-electron chi connectivity index (χ4n) is 3.14. The van der Waals surface area contributed by atoms with Gasteiger partial charge in [0.05, 0.1) is 6.26 Å². The molecule has 3 heteroatoms. The van der Waals surface area contributed by atoms with E-state index in [-0.39, 0.29) is 5.92 Å². The number of rotatable bonds is 3. The van der Waals surface area contributed by atoms with Crippen molar-refractivity contribution in [2.24, 2.45) is 0 Å². The summed E-state index contributed by atoms with van der Waals surface area (Å²) in [6.07, 6.45) is 2.72. The number of para-hydroxylation sites is 2. The van der Waals surface area contributed by atoms with Gasteiger partial charge in [-0.25, -0.2) is 0 Å². The standard InChI is InChI=1S/C19H15NO2/c1-12(16-11-22-18-9-5-3-7-14(16)18)19-15(10-21)13-6-2-4-8-17(13)20-19/h2-12,20H,1H3. The summed E-state index contributed by atoms with van der Waals surface area (Å²) < 4.78 is 5.64. The molecule has 22 heavy (non-hydrogen) atoms. The Bertz CT molecular complexity index is 977. The van der Waals surface area contributed by atoms with Crippen molar-refractivity contribution in [3.8, 4) is 0 Å². The van der Waals surface area contributed by atoms with Crippen molar-refractivity contribution in [2.75, 3.05) is 0 Å². The van der Waals surface area contributed by atoms with Crippen molar-refractivity contribution in [3.05, 3.63) is 71.6 Å². The molecule has 0 saturated heterocycles. The summed E-state index contributed by atoms with van der Waals surface area (Å²) in [6, 6.07) is 15.8. The highest BCUT2D eigenvalue weighted by Gasteiger charge is 2.20. The zero-order valence-electron chi connectivity index (χ0n) is 12.2. The number of aldehydes is 1. The van der Waals surface area contributed by atoms with Crippen LogP contribution in [0.15, 0.2) is 59.2 Å². The largest absolute Gasteiger partial charge is 0.464 e. The molecule has 108 valence electrons. The van der Waals surface area contributed by atoms with Crippen molar-refractivity contribution in [3.63, 3.8) is 0 Å². The fourth-order valence-corrected chi connectivity index (χ4v) is 3.14. The van der Waals surface area contributed by atoms with Crippen molar-refractivity contribution < 1.29 is 9.21 Å². The zero-order chi connectivity index (χ0) is 15.1. The Hall–Kier alpha value is -2.81. The minimum atomic E-state index is 0.0521. The molecule has 0 aliphatic heterocycles. The van der Waals surface area contributed by atoms with Gasteiger partial charge in [0, 0.05) is 39.0 Å². The number of benzene rings is 2. The number of H-pyrrole nitrogens is 1. The summed E-state index contributed by atoms with van der Waals surface area (Å²) in [4.78, 5) is 15.0. The van der Waals surface area contributed by atoms with Gasteiger partial charge in [0.25, 0.3) is 0 Å². The van der Waals surface area contributed by atoms with Gasteiger partial charge in [-0.05, 0) is 12.1 Å². The maximum Gasteiger partial charge on any atom is 0.152 e. The Morgan fingerprint density at radius 3 is 2.59 bits per heavy atom. The Labute approximate surface area is 127 Å². The van der Waals surface area contributed by atoms with Gasteiger partial charge in [-0.2, -0.15) is 0 Å². The second-order valence-corrected chi connectivity index (χ2v) is 5.52. The van der Waals surface area contributed by atoms with Crippen molar-refractivity contribution in [1.82, 2.24) is 4.98 Å². The molecule has 3 nitrogen and oxygen atoms in total. The van der Waals surface area contributed by atoms with Crippen LogP contribution in [-0.2, 0) is 0 Å². The normalized spacial score (nSPS) is 12.8. The fraction of sp³-hybridized carbons (Fsp3) is 0.105. The van der Waals surface area contributed by atoms with Gasteiger partial charge < -0.3 is 9.40 Å². The lowest BCUT2D eigenvalue weighted by Gasteiger charge is -2.09. The highest BCUT2D eigenvalue weighted by molar-refractivity contribution is 5.99. The van der Waals surface area contributed by atoms with Crippen LogP contribution < -0.4 is 0 Å². The number of hydrogen-bond acceptors (Lipinski definition) is 2. The van der Waals surface area contributed by atoms with Crippen molar-refractivity contribution >= 4 is 28.2 Å². The Kier molecular flexibility index (Phi) is 2.86. The average molecular weight is 289 g/mol. The van der Waals surface area contributed by atoms with Gasteiger partial charge in [0.1, 0.15) is 5.58 Å². The van der Waals surface area contributed by atoms with E-state index in [4.69, 9.17) is 4.42 Å². The molecule has 0 saturated carbocycles. The van der Waals surface area contributed by atoms with Gasteiger partial charge >= 0.3 is 0 Å². The number of aromatic amines is 1. The lowest BCUT2D eigenvalue weighted by Crippen LogP contribution is -1.99. The number of fused-ring (bicyclic) bond motifs is 2. The van der Waals surface area contributed by atoms with Crippen LogP contribution in [0.2, 0.25) is 0 Å². The molecular weight excluding hydrogens is 274 g/mol. The maximum atomic E-state index is 11.6. The van der Waals surface area contributed by atoms with Crippen LogP contribution in [0.25, 0.3) is 21.9 Å². The monoisotopic (exact) mass is 289 g/mol. The van der Waals surface area contributed by atoms with Crippen molar-refractivity contribution in [1.29, 1.82) is 0 Å². The molecule has 2 aromatic carbocycles. The van der Waals surface area contributed by atoms with Gasteiger partial charge in [-0.15, -0.1) is 0 Å². The van der Waals surface area contributed by atoms with Gasteiger partial charge in [-0.1, -0.05) is 43.3 Å². The van der Waals surface area contributed by atoms with E-state index in [1.807, 2.05) is 48.5 Å². The molecule has 2 aromatic heterocycles. The molecule has 0 aliphatic rings. The molecule has 0 aliphatic carbocycles. The molecule has 4 rings (SSSR count). The van der Waals surface area contributed by atoms with E-state index in [0.29, 0.717) is 0 Å². The first-order chi connectivity index (χ1) is 10.8. The average Bonchev–Trinajstić information content (AvgIpc) is 3.15. The molecule has 1 unspecified atom stereocenters. The van der Waals surface area contributed by atoms with E-state index in [1.165, 1.54) is 0 Å². The smallest absolute Gasteiger partial charge is 0.152 e. The second kappa shape index (κ2) is 4.88. The number of furan rings is 1. The molecule has 0 bridgehead atoms. The molecule has 0 radical (unpaired) electrons. The molecule has 4 aromatic rings. The van der Waals surface area contributed by atoms with Gasteiger partial charge in [-0.3, -0.25) is 4.79 Å². The predicted octanol–water partition coefficient (Wildman–Crippen LogP) is 4.88. The molecular formula is C19H15NO2. The molecule has 0 fully saturated rings. The quantitative estimate of drug-likeness (QED) is 0.546. The van der Waals surface area contributed by atoms with E-state index < -0.39 is 0 Å².